The number of hydrogen-bond acceptors (Lipinski definition) is 11. The summed E-state index contributed by atoms with van der Waals surface area (Å²) in [5.41, 5.74) is 5.36. The van der Waals surface area contributed by atoms with E-state index in [1.165, 1.54) is 7.11 Å². The Bertz CT molecular complexity index is 999. The van der Waals surface area contributed by atoms with Gasteiger partial charge in [-0.15, -0.1) is 5.92 Å². The van der Waals surface area contributed by atoms with Gasteiger partial charge in [0.15, 0.2) is 0 Å². The number of nitrogens with two attached hydrogens (primary N) is 1. The SMILES string of the molecule is COC(=O)CC[C@@H](NC(=O)CCOCCOCCOCCOCCNC(=O)COC1C#CCCCCC1)C(=O)NC(C(N)=O)C(C)C. The first kappa shape index (κ1) is 41.7. The van der Waals surface area contributed by atoms with Crippen molar-refractivity contribution >= 4 is 29.6 Å². The van der Waals surface area contributed by atoms with Crippen molar-refractivity contribution in [1.82, 2.24) is 16.0 Å². The predicted octanol–water partition coefficient (Wildman–Crippen LogP) is -0.0241. The van der Waals surface area contributed by atoms with Gasteiger partial charge in [-0.2, -0.15) is 0 Å². The fourth-order valence-electron chi connectivity index (χ4n) is 4.24. The first-order chi connectivity index (χ1) is 22.6. The molecule has 0 aromatic rings. The normalized spacial score (nSPS) is 15.7. The number of primary amides is 1. The van der Waals surface area contributed by atoms with Gasteiger partial charge < -0.3 is 50.1 Å². The lowest BCUT2D eigenvalue weighted by atomic mass is 10.0. The molecule has 4 amide bonds. The van der Waals surface area contributed by atoms with Crippen LogP contribution in [0.15, 0.2) is 0 Å². The third-order valence-electron chi connectivity index (χ3n) is 6.89. The molecule has 0 saturated heterocycles. The highest BCUT2D eigenvalue weighted by molar-refractivity contribution is 5.92. The molecule has 15 heteroatoms. The van der Waals surface area contributed by atoms with Crippen LogP contribution in [0.5, 0.6) is 0 Å². The lowest BCUT2D eigenvalue weighted by Gasteiger charge is -2.23. The smallest absolute Gasteiger partial charge is 0.305 e. The van der Waals surface area contributed by atoms with Crippen molar-refractivity contribution in [2.75, 3.05) is 73.1 Å². The summed E-state index contributed by atoms with van der Waals surface area (Å²) < 4.78 is 31.9. The largest absolute Gasteiger partial charge is 0.469 e. The van der Waals surface area contributed by atoms with Crippen LogP contribution in [-0.4, -0.2) is 121 Å². The highest BCUT2D eigenvalue weighted by Gasteiger charge is 2.28. The van der Waals surface area contributed by atoms with Crippen LogP contribution in [0.1, 0.15) is 65.2 Å². The Labute approximate surface area is 278 Å². The van der Waals surface area contributed by atoms with E-state index in [1.807, 2.05) is 0 Å². The zero-order valence-electron chi connectivity index (χ0n) is 28.1. The maximum atomic E-state index is 12.7. The van der Waals surface area contributed by atoms with E-state index in [4.69, 9.17) is 29.4 Å². The molecule has 2 unspecified atom stereocenters. The second kappa shape index (κ2) is 26.7. The van der Waals surface area contributed by atoms with E-state index in [0.29, 0.717) is 46.2 Å². The number of nitrogens with one attached hydrogen (secondary N) is 3. The highest BCUT2D eigenvalue weighted by Crippen LogP contribution is 2.10. The van der Waals surface area contributed by atoms with Crippen LogP contribution in [0, 0.1) is 17.8 Å². The van der Waals surface area contributed by atoms with Crippen LogP contribution < -0.4 is 21.7 Å². The summed E-state index contributed by atoms with van der Waals surface area (Å²) in [6, 6.07) is -1.98. The number of carbonyl (C=O) groups is 5. The summed E-state index contributed by atoms with van der Waals surface area (Å²) in [7, 11) is 1.22. The summed E-state index contributed by atoms with van der Waals surface area (Å²) in [4.78, 5) is 60.3. The molecule has 5 N–H and O–H groups in total. The first-order valence-electron chi connectivity index (χ1n) is 16.3. The molecule has 0 saturated carbocycles. The van der Waals surface area contributed by atoms with Crippen LogP contribution in [0.4, 0.5) is 0 Å². The topological polar surface area (TPSA) is 203 Å². The molecule has 1 rings (SSSR count). The molecular weight excluding hydrogens is 616 g/mol. The molecule has 1 aliphatic carbocycles. The lowest BCUT2D eigenvalue weighted by Crippen LogP contribution is -2.54. The van der Waals surface area contributed by atoms with Gasteiger partial charge in [0.2, 0.25) is 23.6 Å². The summed E-state index contributed by atoms with van der Waals surface area (Å²) in [5, 5.41) is 7.86. The number of methoxy groups -OCH3 is 1. The van der Waals surface area contributed by atoms with E-state index in [-0.39, 0.29) is 57.0 Å². The van der Waals surface area contributed by atoms with Crippen molar-refractivity contribution in [2.24, 2.45) is 11.7 Å². The molecule has 0 heterocycles. The third-order valence-corrected chi connectivity index (χ3v) is 6.89. The standard InChI is InChI=1S/C32H54N4O11/c1-24(2)30(31(33)40)36-32(41)26(11-12-29(39)42-3)35-27(37)13-15-43-17-19-45-21-22-46-20-18-44-16-14-34-28(38)23-47-25-9-7-5-4-6-8-10-25/h24-26,30H,4-7,9,11-23H2,1-3H3,(H2,33,40)(H,34,38)(H,35,37)(H,36,41)/t25?,26-,30?/m1/s1. The number of esters is 1. The lowest BCUT2D eigenvalue weighted by molar-refractivity contribution is -0.141. The third kappa shape index (κ3) is 22.0. The Kier molecular flexibility index (Phi) is 23.7. The number of ether oxygens (including phenoxy) is 6. The first-order valence-corrected chi connectivity index (χ1v) is 16.3. The molecule has 47 heavy (non-hydrogen) atoms. The van der Waals surface area contributed by atoms with E-state index >= 15 is 0 Å². The average Bonchev–Trinajstić information content (AvgIpc) is 3.02. The van der Waals surface area contributed by atoms with Gasteiger partial charge in [0, 0.05) is 25.8 Å². The van der Waals surface area contributed by atoms with Gasteiger partial charge in [-0.05, 0) is 31.6 Å². The quantitative estimate of drug-likeness (QED) is 0.0547. The average molecular weight is 671 g/mol. The minimum atomic E-state index is -1.06. The van der Waals surface area contributed by atoms with E-state index in [9.17, 15) is 24.0 Å². The highest BCUT2D eigenvalue weighted by atomic mass is 16.6. The zero-order valence-corrected chi connectivity index (χ0v) is 28.1. The molecule has 0 aromatic heterocycles. The molecule has 3 atom stereocenters. The maximum Gasteiger partial charge on any atom is 0.305 e. The molecule has 0 aliphatic heterocycles. The van der Waals surface area contributed by atoms with Crippen LogP contribution in [0.25, 0.3) is 0 Å². The molecule has 15 nitrogen and oxygen atoms in total. The van der Waals surface area contributed by atoms with Crippen molar-refractivity contribution in [1.29, 1.82) is 0 Å². The van der Waals surface area contributed by atoms with Gasteiger partial charge in [-0.25, -0.2) is 0 Å². The number of carbonyl (C=O) groups excluding carboxylic acids is 5. The summed E-state index contributed by atoms with van der Waals surface area (Å²) >= 11 is 0. The Balaban J connectivity index is 2.06. The van der Waals surface area contributed by atoms with Crippen LogP contribution >= 0.6 is 0 Å². The van der Waals surface area contributed by atoms with Crippen LogP contribution in [0.3, 0.4) is 0 Å². The molecule has 268 valence electrons. The van der Waals surface area contributed by atoms with Crippen molar-refractivity contribution in [3.63, 3.8) is 0 Å². The molecular formula is C32H54N4O11. The van der Waals surface area contributed by atoms with Crippen LogP contribution in [0.2, 0.25) is 0 Å². The second-order valence-corrected chi connectivity index (χ2v) is 11.1. The van der Waals surface area contributed by atoms with Gasteiger partial charge in [0.25, 0.3) is 0 Å². The van der Waals surface area contributed by atoms with E-state index in [0.717, 1.165) is 32.1 Å². The second-order valence-electron chi connectivity index (χ2n) is 11.1. The van der Waals surface area contributed by atoms with Gasteiger partial charge in [0.05, 0.1) is 60.0 Å². The fourth-order valence-corrected chi connectivity index (χ4v) is 4.24. The number of rotatable bonds is 26. The van der Waals surface area contributed by atoms with Crippen LogP contribution in [-0.2, 0) is 52.4 Å². The summed E-state index contributed by atoms with van der Waals surface area (Å²) in [6.07, 6.45) is 4.76. The molecule has 0 fully saturated rings. The van der Waals surface area contributed by atoms with Crippen molar-refractivity contribution in [3.05, 3.63) is 0 Å². The van der Waals surface area contributed by atoms with Gasteiger partial charge in [0.1, 0.15) is 24.8 Å². The van der Waals surface area contributed by atoms with Gasteiger partial charge >= 0.3 is 5.97 Å². The maximum absolute atomic E-state index is 12.7. The molecule has 0 spiro atoms. The molecule has 0 aromatic carbocycles. The Morgan fingerprint density at radius 1 is 0.809 bits per heavy atom. The Morgan fingerprint density at radius 3 is 2.06 bits per heavy atom. The van der Waals surface area contributed by atoms with E-state index < -0.39 is 35.8 Å². The van der Waals surface area contributed by atoms with Crippen molar-refractivity contribution in [3.8, 4) is 11.8 Å². The van der Waals surface area contributed by atoms with Crippen molar-refractivity contribution < 1.29 is 52.4 Å². The Hall–Kier alpha value is -3.29. The number of amides is 4. The number of hydrogen-bond donors (Lipinski definition) is 4. The molecule has 1 aliphatic rings. The van der Waals surface area contributed by atoms with Crippen molar-refractivity contribution in [2.45, 2.75) is 83.4 Å². The van der Waals surface area contributed by atoms with E-state index in [2.05, 4.69) is 32.5 Å². The van der Waals surface area contributed by atoms with E-state index in [1.54, 1.807) is 13.8 Å². The Morgan fingerprint density at radius 2 is 1.45 bits per heavy atom. The minimum absolute atomic E-state index is 0.0110. The summed E-state index contributed by atoms with van der Waals surface area (Å²) in [6.45, 7) is 6.30. The predicted molar refractivity (Wildman–Crippen MR) is 171 cm³/mol. The molecule has 0 radical (unpaired) electrons. The minimum Gasteiger partial charge on any atom is -0.469 e. The monoisotopic (exact) mass is 670 g/mol. The fraction of sp³-hybridized carbons (Fsp3) is 0.781. The van der Waals surface area contributed by atoms with Gasteiger partial charge in [-0.3, -0.25) is 24.0 Å². The zero-order chi connectivity index (χ0) is 34.7. The van der Waals surface area contributed by atoms with Gasteiger partial charge in [-0.1, -0.05) is 26.2 Å². The summed E-state index contributed by atoms with van der Waals surface area (Å²) in [5.74, 6) is 3.40. The molecule has 0 bridgehead atoms.